The van der Waals surface area contributed by atoms with E-state index in [9.17, 15) is 20.1 Å². The molecule has 1 fully saturated rings. The van der Waals surface area contributed by atoms with Crippen LogP contribution in [0.4, 0.5) is 0 Å². The molecule has 0 amide bonds. The average molecular weight is 280 g/mol. The summed E-state index contributed by atoms with van der Waals surface area (Å²) in [5.41, 5.74) is -0.134. The number of rotatable bonds is 4. The zero-order valence-electron chi connectivity index (χ0n) is 11.8. The maximum absolute atomic E-state index is 12.5. The summed E-state index contributed by atoms with van der Waals surface area (Å²) in [6.45, 7) is 4.87. The quantitative estimate of drug-likeness (QED) is 0.507. The monoisotopic (exact) mass is 280 g/mol. The van der Waals surface area contributed by atoms with E-state index in [0.717, 1.165) is 5.57 Å². The minimum Gasteiger partial charge on any atom is -0.392 e. The number of carbonyl (C=O) groups is 1. The molecule has 0 aromatic heterocycles. The molecule has 4 atom stereocenters. The molecular formula is C15H20O5. The standard InChI is InChI=1S/C15H20O5/c1-4-5-9-10(7-16)13(19)15(11(17)6-8(2)3)14(20-15)12(9)18/h4-6,11-12,14,16-18H,7H2,1-3H3/b5-4+/t11-,12-,14-,15-/m1/s1. The van der Waals surface area contributed by atoms with Gasteiger partial charge in [0.25, 0.3) is 0 Å². The van der Waals surface area contributed by atoms with Crippen molar-refractivity contribution in [1.29, 1.82) is 0 Å². The molecule has 3 N–H and O–H groups in total. The largest absolute Gasteiger partial charge is 0.392 e. The summed E-state index contributed by atoms with van der Waals surface area (Å²) in [6.07, 6.45) is 1.89. The Kier molecular flexibility index (Phi) is 3.97. The molecular weight excluding hydrogens is 260 g/mol. The molecule has 0 spiro atoms. The van der Waals surface area contributed by atoms with Crippen molar-refractivity contribution in [3.8, 4) is 0 Å². The van der Waals surface area contributed by atoms with Crippen molar-refractivity contribution in [3.63, 3.8) is 0 Å². The molecule has 1 heterocycles. The van der Waals surface area contributed by atoms with Crippen molar-refractivity contribution in [3.05, 3.63) is 34.9 Å². The number of aliphatic hydroxyl groups is 3. The van der Waals surface area contributed by atoms with Gasteiger partial charge in [-0.3, -0.25) is 4.79 Å². The van der Waals surface area contributed by atoms with Crippen LogP contribution in [-0.4, -0.2) is 51.6 Å². The number of hydrogen-bond donors (Lipinski definition) is 3. The maximum Gasteiger partial charge on any atom is 0.199 e. The van der Waals surface area contributed by atoms with Crippen LogP contribution in [0.5, 0.6) is 0 Å². The van der Waals surface area contributed by atoms with Crippen LogP contribution in [0.2, 0.25) is 0 Å². The fraction of sp³-hybridized carbons (Fsp3) is 0.533. The SMILES string of the molecule is C/C=C/C1=C(CO)C(=O)[C@@]2([C@H](O)C=C(C)C)O[C@@H]2[C@@H]1O. The molecule has 0 saturated carbocycles. The van der Waals surface area contributed by atoms with Crippen LogP contribution in [0.25, 0.3) is 0 Å². The molecule has 2 aliphatic rings. The van der Waals surface area contributed by atoms with E-state index in [1.165, 1.54) is 6.08 Å². The fourth-order valence-corrected chi connectivity index (χ4v) is 2.72. The van der Waals surface area contributed by atoms with Gasteiger partial charge in [0.15, 0.2) is 11.4 Å². The Bertz CT molecular complexity index is 512. The number of allylic oxidation sites excluding steroid dienone is 2. The molecule has 1 aliphatic heterocycles. The topological polar surface area (TPSA) is 90.3 Å². The van der Waals surface area contributed by atoms with Gasteiger partial charge >= 0.3 is 0 Å². The maximum atomic E-state index is 12.5. The van der Waals surface area contributed by atoms with Crippen LogP contribution in [0.15, 0.2) is 34.9 Å². The molecule has 5 heteroatoms. The first-order chi connectivity index (χ1) is 9.40. The zero-order chi connectivity index (χ0) is 15.1. The Morgan fingerprint density at radius 2 is 2.15 bits per heavy atom. The van der Waals surface area contributed by atoms with Crippen LogP contribution in [0.1, 0.15) is 20.8 Å². The highest BCUT2D eigenvalue weighted by Gasteiger charge is 2.71. The normalized spacial score (nSPS) is 34.2. The second kappa shape index (κ2) is 5.26. The third-order valence-corrected chi connectivity index (χ3v) is 3.71. The first-order valence-electron chi connectivity index (χ1n) is 6.60. The van der Waals surface area contributed by atoms with Crippen LogP contribution in [-0.2, 0) is 9.53 Å². The van der Waals surface area contributed by atoms with E-state index in [-0.39, 0.29) is 5.57 Å². The van der Waals surface area contributed by atoms with Gasteiger partial charge in [0.2, 0.25) is 0 Å². The van der Waals surface area contributed by atoms with Crippen molar-refractivity contribution in [2.75, 3.05) is 6.61 Å². The van der Waals surface area contributed by atoms with Gasteiger partial charge in [0.05, 0.1) is 6.61 Å². The van der Waals surface area contributed by atoms with Gasteiger partial charge in [0.1, 0.15) is 18.3 Å². The van der Waals surface area contributed by atoms with E-state index >= 15 is 0 Å². The average Bonchev–Trinajstić information content (AvgIpc) is 3.13. The van der Waals surface area contributed by atoms with Gasteiger partial charge in [-0.15, -0.1) is 0 Å². The fourth-order valence-electron chi connectivity index (χ4n) is 2.72. The molecule has 0 aromatic rings. The summed E-state index contributed by atoms with van der Waals surface area (Å²) in [7, 11) is 0. The second-order valence-electron chi connectivity index (χ2n) is 5.39. The lowest BCUT2D eigenvalue weighted by Gasteiger charge is -2.26. The van der Waals surface area contributed by atoms with E-state index in [4.69, 9.17) is 4.74 Å². The first-order valence-corrected chi connectivity index (χ1v) is 6.60. The predicted molar refractivity (Wildman–Crippen MR) is 73.0 cm³/mol. The Balaban J connectivity index is 2.45. The third-order valence-electron chi connectivity index (χ3n) is 3.71. The van der Waals surface area contributed by atoms with Crippen LogP contribution >= 0.6 is 0 Å². The van der Waals surface area contributed by atoms with Gasteiger partial charge in [-0.1, -0.05) is 23.8 Å². The van der Waals surface area contributed by atoms with Crippen molar-refractivity contribution in [1.82, 2.24) is 0 Å². The molecule has 1 aliphatic carbocycles. The van der Waals surface area contributed by atoms with E-state index in [1.54, 1.807) is 32.9 Å². The van der Waals surface area contributed by atoms with Gasteiger partial charge in [0, 0.05) is 5.57 Å². The van der Waals surface area contributed by atoms with E-state index in [2.05, 4.69) is 0 Å². The molecule has 5 nitrogen and oxygen atoms in total. The smallest absolute Gasteiger partial charge is 0.199 e. The van der Waals surface area contributed by atoms with Crippen LogP contribution in [0.3, 0.4) is 0 Å². The summed E-state index contributed by atoms with van der Waals surface area (Å²) in [5, 5.41) is 29.9. The molecule has 0 radical (unpaired) electrons. The van der Waals surface area contributed by atoms with Crippen LogP contribution < -0.4 is 0 Å². The number of Topliss-reactive ketones (excluding diaryl/α,β-unsaturated/α-hetero) is 1. The van der Waals surface area contributed by atoms with Crippen molar-refractivity contribution >= 4 is 5.78 Å². The third kappa shape index (κ3) is 2.07. The lowest BCUT2D eigenvalue weighted by Crippen LogP contribution is -2.47. The van der Waals surface area contributed by atoms with Crippen LogP contribution in [0, 0.1) is 0 Å². The Labute approximate surface area is 117 Å². The van der Waals surface area contributed by atoms with Gasteiger partial charge in [-0.2, -0.15) is 0 Å². The Morgan fingerprint density at radius 3 is 2.65 bits per heavy atom. The summed E-state index contributed by atoms with van der Waals surface area (Å²) in [4.78, 5) is 12.5. The molecule has 20 heavy (non-hydrogen) atoms. The zero-order valence-corrected chi connectivity index (χ0v) is 11.8. The number of ether oxygens (including phenoxy) is 1. The highest BCUT2D eigenvalue weighted by molar-refractivity contribution is 6.07. The van der Waals surface area contributed by atoms with E-state index in [0.29, 0.717) is 5.57 Å². The molecule has 0 bridgehead atoms. The summed E-state index contributed by atoms with van der Waals surface area (Å²) in [6, 6.07) is 0. The molecule has 0 unspecified atom stereocenters. The highest BCUT2D eigenvalue weighted by Crippen LogP contribution is 2.50. The predicted octanol–water partition coefficient (Wildman–Crippen LogP) is 0.260. The second-order valence-corrected chi connectivity index (χ2v) is 5.39. The molecule has 0 aromatic carbocycles. The number of fused-ring (bicyclic) bond motifs is 1. The number of hydrogen-bond acceptors (Lipinski definition) is 5. The minimum atomic E-state index is -1.44. The number of carbonyl (C=O) groups excluding carboxylic acids is 1. The lowest BCUT2D eigenvalue weighted by atomic mass is 9.77. The summed E-state index contributed by atoms with van der Waals surface area (Å²) >= 11 is 0. The van der Waals surface area contributed by atoms with Crippen molar-refractivity contribution < 1.29 is 24.9 Å². The van der Waals surface area contributed by atoms with Crippen molar-refractivity contribution in [2.24, 2.45) is 0 Å². The lowest BCUT2D eigenvalue weighted by molar-refractivity contribution is -0.124. The van der Waals surface area contributed by atoms with Gasteiger partial charge in [-0.05, 0) is 26.3 Å². The Hall–Kier alpha value is -1.27. The number of aliphatic hydroxyl groups excluding tert-OH is 3. The Morgan fingerprint density at radius 1 is 1.50 bits per heavy atom. The van der Waals surface area contributed by atoms with Gasteiger partial charge < -0.3 is 20.1 Å². The first kappa shape index (κ1) is 15.1. The van der Waals surface area contributed by atoms with E-state index in [1.807, 2.05) is 0 Å². The van der Waals surface area contributed by atoms with Gasteiger partial charge in [-0.25, -0.2) is 0 Å². The van der Waals surface area contributed by atoms with Crippen molar-refractivity contribution in [2.45, 2.75) is 44.7 Å². The summed E-state index contributed by atoms with van der Waals surface area (Å²) < 4.78 is 5.38. The summed E-state index contributed by atoms with van der Waals surface area (Å²) in [5.74, 6) is -0.451. The molecule has 110 valence electrons. The molecule has 1 saturated heterocycles. The molecule has 2 rings (SSSR count). The number of epoxide rings is 1. The van der Waals surface area contributed by atoms with E-state index < -0.39 is 36.3 Å². The number of ketones is 1. The minimum absolute atomic E-state index is 0.102. The highest BCUT2D eigenvalue weighted by atomic mass is 16.6.